The third kappa shape index (κ3) is 4.73. The Labute approximate surface area is 145 Å². The summed E-state index contributed by atoms with van der Waals surface area (Å²) in [5, 5.41) is 2.50. The predicted molar refractivity (Wildman–Crippen MR) is 89.5 cm³/mol. The molecule has 0 spiro atoms. The topological polar surface area (TPSA) is 72.5 Å². The van der Waals surface area contributed by atoms with Crippen LogP contribution in [0.15, 0.2) is 46.9 Å². The monoisotopic (exact) mass is 393 g/mol. The lowest BCUT2D eigenvalue weighted by Crippen LogP contribution is -2.21. The SMILES string of the molecule is CC(=O)c1cccc(NC(=O)COC(=O)c2cc(Br)ccc2F)c1. The maximum Gasteiger partial charge on any atom is 0.341 e. The molecular weight excluding hydrogens is 381 g/mol. The summed E-state index contributed by atoms with van der Waals surface area (Å²) in [4.78, 5) is 34.9. The van der Waals surface area contributed by atoms with Crippen molar-refractivity contribution in [1.29, 1.82) is 0 Å². The molecular formula is C17H13BrFNO4. The van der Waals surface area contributed by atoms with Crippen LogP contribution < -0.4 is 5.32 Å². The molecule has 7 heteroatoms. The van der Waals surface area contributed by atoms with Crippen LogP contribution in [-0.2, 0) is 9.53 Å². The van der Waals surface area contributed by atoms with Gasteiger partial charge in [-0.25, -0.2) is 9.18 Å². The molecule has 0 aliphatic rings. The zero-order valence-electron chi connectivity index (χ0n) is 12.6. The van der Waals surface area contributed by atoms with E-state index in [1.807, 2.05) is 0 Å². The first-order chi connectivity index (χ1) is 11.4. The van der Waals surface area contributed by atoms with Gasteiger partial charge in [0.2, 0.25) is 0 Å². The molecule has 0 radical (unpaired) electrons. The highest BCUT2D eigenvalue weighted by molar-refractivity contribution is 9.10. The lowest BCUT2D eigenvalue weighted by atomic mass is 10.1. The molecule has 2 rings (SSSR count). The normalized spacial score (nSPS) is 10.1. The fourth-order valence-corrected chi connectivity index (χ4v) is 2.24. The van der Waals surface area contributed by atoms with Crippen molar-refractivity contribution in [3.63, 3.8) is 0 Å². The summed E-state index contributed by atoms with van der Waals surface area (Å²) >= 11 is 3.13. The number of carbonyl (C=O) groups is 3. The van der Waals surface area contributed by atoms with Crippen LogP contribution >= 0.6 is 15.9 Å². The van der Waals surface area contributed by atoms with E-state index >= 15 is 0 Å². The molecule has 1 amide bonds. The molecule has 5 nitrogen and oxygen atoms in total. The molecule has 0 unspecified atom stereocenters. The van der Waals surface area contributed by atoms with Crippen molar-refractivity contribution >= 4 is 39.3 Å². The Kier molecular flexibility index (Phi) is 5.81. The van der Waals surface area contributed by atoms with E-state index in [0.717, 1.165) is 6.07 Å². The molecule has 0 atom stereocenters. The third-order valence-corrected chi connectivity index (χ3v) is 3.53. The number of rotatable bonds is 5. The van der Waals surface area contributed by atoms with E-state index in [4.69, 9.17) is 4.74 Å². The molecule has 0 aliphatic heterocycles. The van der Waals surface area contributed by atoms with Gasteiger partial charge < -0.3 is 10.1 Å². The van der Waals surface area contributed by atoms with Crippen LogP contribution in [0.3, 0.4) is 0 Å². The summed E-state index contributed by atoms with van der Waals surface area (Å²) in [6.45, 7) is 0.838. The number of benzene rings is 2. The molecule has 0 bridgehead atoms. The summed E-state index contributed by atoms with van der Waals surface area (Å²) in [7, 11) is 0. The quantitative estimate of drug-likeness (QED) is 0.622. The van der Waals surface area contributed by atoms with Gasteiger partial charge in [0, 0.05) is 15.7 Å². The largest absolute Gasteiger partial charge is 0.452 e. The second kappa shape index (κ2) is 7.83. The Morgan fingerprint density at radius 1 is 1.17 bits per heavy atom. The van der Waals surface area contributed by atoms with E-state index in [2.05, 4.69) is 21.2 Å². The number of ketones is 1. The van der Waals surface area contributed by atoms with Crippen molar-refractivity contribution in [3.8, 4) is 0 Å². The number of hydrogen-bond acceptors (Lipinski definition) is 4. The first-order valence-corrected chi connectivity index (χ1v) is 7.69. The van der Waals surface area contributed by atoms with Crippen LogP contribution in [0.2, 0.25) is 0 Å². The van der Waals surface area contributed by atoms with Crippen LogP contribution in [-0.4, -0.2) is 24.3 Å². The van der Waals surface area contributed by atoms with Crippen molar-refractivity contribution in [2.24, 2.45) is 0 Å². The van der Waals surface area contributed by atoms with Crippen LogP contribution in [0.1, 0.15) is 27.6 Å². The van der Waals surface area contributed by atoms with E-state index in [9.17, 15) is 18.8 Å². The molecule has 2 aromatic carbocycles. The maximum atomic E-state index is 13.6. The molecule has 0 saturated carbocycles. The Morgan fingerprint density at radius 3 is 2.62 bits per heavy atom. The van der Waals surface area contributed by atoms with E-state index in [1.165, 1.54) is 25.1 Å². The predicted octanol–water partition coefficient (Wildman–Crippen LogP) is 3.59. The highest BCUT2D eigenvalue weighted by Crippen LogP contribution is 2.16. The van der Waals surface area contributed by atoms with Crippen molar-refractivity contribution in [2.45, 2.75) is 6.92 Å². The van der Waals surface area contributed by atoms with Gasteiger partial charge in [0.15, 0.2) is 12.4 Å². The fourth-order valence-electron chi connectivity index (χ4n) is 1.88. The van der Waals surface area contributed by atoms with E-state index in [-0.39, 0.29) is 11.3 Å². The molecule has 24 heavy (non-hydrogen) atoms. The van der Waals surface area contributed by atoms with Gasteiger partial charge in [0.1, 0.15) is 5.82 Å². The fraction of sp³-hybridized carbons (Fsp3) is 0.118. The molecule has 0 heterocycles. The Balaban J connectivity index is 1.96. The number of nitrogens with one attached hydrogen (secondary N) is 1. The van der Waals surface area contributed by atoms with Gasteiger partial charge in [-0.2, -0.15) is 0 Å². The number of Topliss-reactive ketones (excluding diaryl/α,β-unsaturated/α-hetero) is 1. The molecule has 0 fully saturated rings. The summed E-state index contributed by atoms with van der Waals surface area (Å²) < 4.78 is 18.9. The Hall–Kier alpha value is -2.54. The molecule has 0 aromatic heterocycles. The standard InChI is InChI=1S/C17H13BrFNO4/c1-10(21)11-3-2-4-13(7-11)20-16(22)9-24-17(23)14-8-12(18)5-6-15(14)19/h2-8H,9H2,1H3,(H,20,22). The van der Waals surface area contributed by atoms with Crippen LogP contribution in [0.25, 0.3) is 0 Å². The van der Waals surface area contributed by atoms with Crippen molar-refractivity contribution in [1.82, 2.24) is 0 Å². The van der Waals surface area contributed by atoms with E-state index in [1.54, 1.807) is 18.2 Å². The zero-order valence-corrected chi connectivity index (χ0v) is 14.2. The van der Waals surface area contributed by atoms with Crippen molar-refractivity contribution in [3.05, 3.63) is 63.9 Å². The number of anilines is 1. The van der Waals surface area contributed by atoms with Gasteiger partial charge in [-0.3, -0.25) is 9.59 Å². The van der Waals surface area contributed by atoms with Gasteiger partial charge in [0.05, 0.1) is 5.56 Å². The molecule has 1 N–H and O–H groups in total. The number of carbonyl (C=O) groups excluding carboxylic acids is 3. The van der Waals surface area contributed by atoms with Gasteiger partial charge >= 0.3 is 5.97 Å². The summed E-state index contributed by atoms with van der Waals surface area (Å²) in [6, 6.07) is 10.2. The number of halogens is 2. The summed E-state index contributed by atoms with van der Waals surface area (Å²) in [6.07, 6.45) is 0. The third-order valence-electron chi connectivity index (χ3n) is 3.04. The van der Waals surface area contributed by atoms with Crippen LogP contribution in [0, 0.1) is 5.82 Å². The summed E-state index contributed by atoms with van der Waals surface area (Å²) in [5.41, 5.74) is 0.578. The highest BCUT2D eigenvalue weighted by Gasteiger charge is 2.15. The second-order valence-electron chi connectivity index (χ2n) is 4.89. The Bertz CT molecular complexity index is 807. The molecule has 0 saturated heterocycles. The lowest BCUT2D eigenvalue weighted by Gasteiger charge is -2.08. The number of esters is 1. The molecule has 0 aliphatic carbocycles. The Morgan fingerprint density at radius 2 is 1.92 bits per heavy atom. The highest BCUT2D eigenvalue weighted by atomic mass is 79.9. The smallest absolute Gasteiger partial charge is 0.341 e. The average molecular weight is 394 g/mol. The maximum absolute atomic E-state index is 13.6. The number of amides is 1. The minimum absolute atomic E-state index is 0.136. The van der Waals surface area contributed by atoms with E-state index in [0.29, 0.717) is 15.7 Å². The van der Waals surface area contributed by atoms with Gasteiger partial charge in [0.25, 0.3) is 5.91 Å². The number of hydrogen-bond donors (Lipinski definition) is 1. The zero-order chi connectivity index (χ0) is 17.7. The lowest BCUT2D eigenvalue weighted by molar-refractivity contribution is -0.119. The van der Waals surface area contributed by atoms with E-state index < -0.39 is 24.3 Å². The van der Waals surface area contributed by atoms with Crippen molar-refractivity contribution < 1.29 is 23.5 Å². The van der Waals surface area contributed by atoms with Gasteiger partial charge in [-0.05, 0) is 37.3 Å². The van der Waals surface area contributed by atoms with Crippen LogP contribution in [0.5, 0.6) is 0 Å². The molecule has 124 valence electrons. The minimum Gasteiger partial charge on any atom is -0.452 e. The van der Waals surface area contributed by atoms with Gasteiger partial charge in [-0.1, -0.05) is 28.1 Å². The number of ether oxygens (including phenoxy) is 1. The first kappa shape index (κ1) is 17.8. The average Bonchev–Trinajstić information content (AvgIpc) is 2.55. The second-order valence-corrected chi connectivity index (χ2v) is 5.80. The van der Waals surface area contributed by atoms with Crippen LogP contribution in [0.4, 0.5) is 10.1 Å². The summed E-state index contributed by atoms with van der Waals surface area (Å²) in [5.74, 6) is -2.42. The molecule has 2 aromatic rings. The first-order valence-electron chi connectivity index (χ1n) is 6.90. The van der Waals surface area contributed by atoms with Gasteiger partial charge in [-0.15, -0.1) is 0 Å². The minimum atomic E-state index is -0.943. The van der Waals surface area contributed by atoms with Crippen molar-refractivity contribution in [2.75, 3.05) is 11.9 Å².